The van der Waals surface area contributed by atoms with Crippen molar-refractivity contribution in [1.29, 1.82) is 10.5 Å². The fourth-order valence-electron chi connectivity index (χ4n) is 4.16. The van der Waals surface area contributed by atoms with Gasteiger partial charge in [0.15, 0.2) is 0 Å². The third kappa shape index (κ3) is 5.73. The van der Waals surface area contributed by atoms with E-state index in [0.717, 1.165) is 18.2 Å². The van der Waals surface area contributed by atoms with Crippen LogP contribution >= 0.6 is 11.8 Å². The number of likely N-dealkylation sites (tertiary alicyclic amines) is 1. The van der Waals surface area contributed by atoms with Gasteiger partial charge in [-0.1, -0.05) is 49.0 Å². The monoisotopic (exact) mass is 492 g/mol. The maximum Gasteiger partial charge on any atom is 0.242 e. The smallest absolute Gasteiger partial charge is 0.242 e. The Labute approximate surface area is 209 Å². The highest BCUT2D eigenvalue weighted by Gasteiger charge is 2.29. The molecule has 1 aromatic carbocycles. The zero-order valence-electron chi connectivity index (χ0n) is 19.8. The summed E-state index contributed by atoms with van der Waals surface area (Å²) in [5.41, 5.74) is 7.34. The molecule has 35 heavy (non-hydrogen) atoms. The standard InChI is InChI=1S/C25H28N6O3S/c1-3-18-19(11-26)24(30(2)14-21(33)31-10-9-16(13-31)15-32)29-25(20(18)12-27)35-22(23(28)34)17-7-5-4-6-8-17/h4-8,16,22,32H,3,9-10,13-15H2,1-2H3,(H2,28,34). The Balaban J connectivity index is 1.99. The van der Waals surface area contributed by atoms with Crippen LogP contribution in [0.4, 0.5) is 5.82 Å². The van der Waals surface area contributed by atoms with E-state index in [-0.39, 0.29) is 46.9 Å². The van der Waals surface area contributed by atoms with E-state index in [9.17, 15) is 25.2 Å². The summed E-state index contributed by atoms with van der Waals surface area (Å²) in [6, 6.07) is 13.3. The lowest BCUT2D eigenvalue weighted by atomic mass is 10.0. The molecule has 2 unspecified atom stereocenters. The van der Waals surface area contributed by atoms with Gasteiger partial charge in [-0.25, -0.2) is 4.98 Å². The number of carbonyl (C=O) groups excluding carboxylic acids is 2. The van der Waals surface area contributed by atoms with Crippen molar-refractivity contribution < 1.29 is 14.7 Å². The van der Waals surface area contributed by atoms with Crippen LogP contribution in [0.15, 0.2) is 35.4 Å². The Morgan fingerprint density at radius 1 is 1.29 bits per heavy atom. The van der Waals surface area contributed by atoms with Crippen molar-refractivity contribution in [2.45, 2.75) is 30.0 Å². The van der Waals surface area contributed by atoms with Gasteiger partial charge in [0.25, 0.3) is 0 Å². The molecule has 3 rings (SSSR count). The maximum atomic E-state index is 12.9. The van der Waals surface area contributed by atoms with Crippen molar-refractivity contribution in [1.82, 2.24) is 9.88 Å². The molecule has 1 aliphatic heterocycles. The van der Waals surface area contributed by atoms with Crippen molar-refractivity contribution in [2.24, 2.45) is 11.7 Å². The number of aromatic nitrogens is 1. The Morgan fingerprint density at radius 2 is 1.97 bits per heavy atom. The van der Waals surface area contributed by atoms with Gasteiger partial charge < -0.3 is 20.6 Å². The van der Waals surface area contributed by atoms with Crippen molar-refractivity contribution >= 4 is 29.4 Å². The number of anilines is 1. The third-order valence-corrected chi connectivity index (χ3v) is 7.31. The molecule has 2 aromatic rings. The van der Waals surface area contributed by atoms with Crippen LogP contribution < -0.4 is 10.6 Å². The van der Waals surface area contributed by atoms with E-state index in [1.54, 1.807) is 41.1 Å². The van der Waals surface area contributed by atoms with Gasteiger partial charge in [-0.2, -0.15) is 10.5 Å². The number of amides is 2. The van der Waals surface area contributed by atoms with E-state index in [1.165, 1.54) is 0 Å². The molecule has 0 radical (unpaired) electrons. The van der Waals surface area contributed by atoms with Crippen molar-refractivity contribution in [3.8, 4) is 12.1 Å². The molecule has 10 heteroatoms. The zero-order chi connectivity index (χ0) is 25.5. The summed E-state index contributed by atoms with van der Waals surface area (Å²) in [5, 5.41) is 28.7. The van der Waals surface area contributed by atoms with Gasteiger partial charge in [0.2, 0.25) is 11.8 Å². The number of primary amides is 1. The molecule has 3 N–H and O–H groups in total. The summed E-state index contributed by atoms with van der Waals surface area (Å²) in [7, 11) is 1.67. The molecule has 2 heterocycles. The number of benzene rings is 1. The number of carbonyl (C=O) groups is 2. The summed E-state index contributed by atoms with van der Waals surface area (Å²) < 4.78 is 0. The molecule has 2 amide bonds. The van der Waals surface area contributed by atoms with Gasteiger partial charge in [-0.15, -0.1) is 0 Å². The van der Waals surface area contributed by atoms with Crippen molar-refractivity contribution in [2.75, 3.05) is 38.2 Å². The summed E-state index contributed by atoms with van der Waals surface area (Å²) in [4.78, 5) is 33.1. The maximum absolute atomic E-state index is 12.9. The number of pyridine rings is 1. The second-order valence-corrected chi connectivity index (χ2v) is 9.48. The van der Waals surface area contributed by atoms with Crippen LogP contribution in [0.2, 0.25) is 0 Å². The molecule has 1 saturated heterocycles. The number of hydrogen-bond acceptors (Lipinski definition) is 8. The molecule has 0 saturated carbocycles. The summed E-state index contributed by atoms with van der Waals surface area (Å²) >= 11 is 1.06. The number of hydrogen-bond donors (Lipinski definition) is 2. The number of aliphatic hydroxyl groups excluding tert-OH is 1. The number of nitrogens with two attached hydrogens (primary N) is 1. The minimum Gasteiger partial charge on any atom is -0.396 e. The first kappa shape index (κ1) is 26.0. The van der Waals surface area contributed by atoms with Crippen LogP contribution in [0.5, 0.6) is 0 Å². The number of likely N-dealkylation sites (N-methyl/N-ethyl adjacent to an activating group) is 1. The molecule has 0 aliphatic carbocycles. The van der Waals surface area contributed by atoms with Gasteiger partial charge >= 0.3 is 0 Å². The number of nitriles is 2. The molecule has 1 aromatic heterocycles. The van der Waals surface area contributed by atoms with E-state index in [2.05, 4.69) is 17.1 Å². The zero-order valence-corrected chi connectivity index (χ0v) is 20.6. The van der Waals surface area contributed by atoms with Crippen LogP contribution in [-0.2, 0) is 16.0 Å². The number of rotatable bonds is 9. The Kier molecular flexibility index (Phi) is 8.69. The predicted molar refractivity (Wildman–Crippen MR) is 132 cm³/mol. The molecular formula is C25H28N6O3S. The Bertz CT molecular complexity index is 1170. The largest absolute Gasteiger partial charge is 0.396 e. The van der Waals surface area contributed by atoms with E-state index < -0.39 is 11.2 Å². The second-order valence-electron chi connectivity index (χ2n) is 8.39. The predicted octanol–water partition coefficient (Wildman–Crippen LogP) is 1.98. The second kappa shape index (κ2) is 11.7. The minimum atomic E-state index is -0.784. The fourth-order valence-corrected chi connectivity index (χ4v) is 5.22. The third-order valence-electron chi connectivity index (χ3n) is 6.05. The van der Waals surface area contributed by atoms with Crippen LogP contribution in [0, 0.1) is 28.6 Å². The first-order chi connectivity index (χ1) is 16.8. The minimum absolute atomic E-state index is 0.0169. The highest BCUT2D eigenvalue weighted by atomic mass is 32.2. The van der Waals surface area contributed by atoms with Gasteiger partial charge in [0.1, 0.15) is 28.2 Å². The highest BCUT2D eigenvalue weighted by molar-refractivity contribution is 8.00. The number of thioether (sulfide) groups is 1. The first-order valence-corrected chi connectivity index (χ1v) is 12.2. The van der Waals surface area contributed by atoms with Crippen LogP contribution in [0.3, 0.4) is 0 Å². The van der Waals surface area contributed by atoms with Crippen molar-refractivity contribution in [3.63, 3.8) is 0 Å². The lowest BCUT2D eigenvalue weighted by Crippen LogP contribution is -2.38. The Hall–Kier alpha value is -3.60. The van der Waals surface area contributed by atoms with E-state index >= 15 is 0 Å². The molecular weight excluding hydrogens is 464 g/mol. The van der Waals surface area contributed by atoms with Gasteiger partial charge in [0, 0.05) is 32.7 Å². The van der Waals surface area contributed by atoms with E-state index in [1.807, 2.05) is 13.0 Å². The topological polar surface area (TPSA) is 147 Å². The molecule has 9 nitrogen and oxygen atoms in total. The molecule has 182 valence electrons. The average Bonchev–Trinajstić information content (AvgIpc) is 3.36. The van der Waals surface area contributed by atoms with Crippen LogP contribution in [-0.4, -0.2) is 60.1 Å². The number of aliphatic hydroxyl groups is 1. The van der Waals surface area contributed by atoms with Crippen LogP contribution in [0.1, 0.15) is 40.8 Å². The number of nitrogens with zero attached hydrogens (tertiary/aromatic N) is 5. The van der Waals surface area contributed by atoms with Gasteiger partial charge in [-0.05, 0) is 24.0 Å². The summed E-state index contributed by atoms with van der Waals surface area (Å²) in [5.74, 6) is -0.365. The van der Waals surface area contributed by atoms with Crippen LogP contribution in [0.25, 0.3) is 0 Å². The van der Waals surface area contributed by atoms with E-state index in [4.69, 9.17) is 5.73 Å². The quantitative estimate of drug-likeness (QED) is 0.505. The highest BCUT2D eigenvalue weighted by Crippen LogP contribution is 2.39. The van der Waals surface area contributed by atoms with Crippen molar-refractivity contribution in [3.05, 3.63) is 52.6 Å². The Morgan fingerprint density at radius 3 is 2.51 bits per heavy atom. The molecule has 1 aliphatic rings. The molecule has 0 spiro atoms. The first-order valence-electron chi connectivity index (χ1n) is 11.3. The normalized spacial score (nSPS) is 15.8. The van der Waals surface area contributed by atoms with Gasteiger partial charge in [0.05, 0.1) is 17.7 Å². The molecule has 0 bridgehead atoms. The molecule has 2 atom stereocenters. The average molecular weight is 493 g/mol. The summed E-state index contributed by atoms with van der Waals surface area (Å²) in [6.07, 6.45) is 1.15. The van der Waals surface area contributed by atoms with E-state index in [0.29, 0.717) is 30.6 Å². The summed E-state index contributed by atoms with van der Waals surface area (Å²) in [6.45, 7) is 2.92. The molecule has 1 fully saturated rings. The SMILES string of the molecule is CCc1c(C#N)c(SC(C(N)=O)c2ccccc2)nc(N(C)CC(=O)N2CCC(CO)C2)c1C#N. The fraction of sp³-hybridized carbons (Fsp3) is 0.400. The van der Waals surface area contributed by atoms with Gasteiger partial charge in [-0.3, -0.25) is 9.59 Å². The lowest BCUT2D eigenvalue weighted by Gasteiger charge is -2.25. The lowest BCUT2D eigenvalue weighted by molar-refractivity contribution is -0.128.